The number of carbonyl (C=O) groups is 1. The lowest BCUT2D eigenvalue weighted by Crippen LogP contribution is -2.10. The van der Waals surface area contributed by atoms with Crippen LogP contribution in [0.15, 0.2) is 12.2 Å². The van der Waals surface area contributed by atoms with Gasteiger partial charge in [0, 0.05) is 15.8 Å². The topological polar surface area (TPSA) is 17.1 Å². The summed E-state index contributed by atoms with van der Waals surface area (Å²) in [5.74, 6) is 0.173. The summed E-state index contributed by atoms with van der Waals surface area (Å²) in [4.78, 5) is 10.1. The van der Waals surface area contributed by atoms with Gasteiger partial charge in [-0.15, -0.1) is 0 Å². The molecule has 29 valence electrons. The van der Waals surface area contributed by atoms with E-state index in [0.717, 1.165) is 0 Å². The maximum atomic E-state index is 10.1. The molecule has 0 saturated carbocycles. The highest BCUT2D eigenvalue weighted by atomic mass is 28.1. The third-order valence-electron chi connectivity index (χ3n) is 0.759. The van der Waals surface area contributed by atoms with Crippen molar-refractivity contribution in [3.63, 3.8) is 0 Å². The van der Waals surface area contributed by atoms with E-state index < -0.39 is 0 Å². The summed E-state index contributed by atoms with van der Waals surface area (Å²) in [6.45, 7) is 0. The van der Waals surface area contributed by atoms with E-state index in [0.29, 0.717) is 0 Å². The lowest BCUT2D eigenvalue weighted by Gasteiger charge is -2.06. The zero-order valence-electron chi connectivity index (χ0n) is 3.14. The number of hydrogen-bond donors (Lipinski definition) is 0. The highest BCUT2D eigenvalue weighted by Gasteiger charge is 2.12. The minimum atomic E-state index is 0.0185. The van der Waals surface area contributed by atoms with Crippen LogP contribution in [0.4, 0.5) is 0 Å². The van der Waals surface area contributed by atoms with Crippen molar-refractivity contribution in [2.24, 2.45) is 0 Å². The van der Waals surface area contributed by atoms with Gasteiger partial charge in [-0.05, 0) is 6.08 Å². The van der Waals surface area contributed by atoms with Crippen molar-refractivity contribution in [1.82, 2.24) is 0 Å². The van der Waals surface area contributed by atoms with Crippen LogP contribution in [0, 0.1) is 0 Å². The Hall–Kier alpha value is -0.373. The molecule has 0 bridgehead atoms. The molecule has 0 aliphatic heterocycles. The van der Waals surface area contributed by atoms with Gasteiger partial charge in [-0.25, -0.2) is 0 Å². The van der Waals surface area contributed by atoms with Crippen LogP contribution in [-0.4, -0.2) is 16.0 Å². The third kappa shape index (κ3) is 0.336. The molecule has 1 atom stereocenters. The second kappa shape index (κ2) is 1.05. The Morgan fingerprint density at radius 2 is 2.33 bits per heavy atom. The predicted octanol–water partition coefficient (Wildman–Crippen LogP) is 0.0823. The minimum Gasteiger partial charge on any atom is -0.295 e. The van der Waals surface area contributed by atoms with Crippen molar-refractivity contribution < 1.29 is 4.79 Å². The summed E-state index contributed by atoms with van der Waals surface area (Å²) < 4.78 is 0. The van der Waals surface area contributed by atoms with E-state index in [4.69, 9.17) is 0 Å². The molecule has 1 rings (SSSR count). The van der Waals surface area contributed by atoms with Gasteiger partial charge in [-0.2, -0.15) is 0 Å². The monoisotopic (exact) mass is 95.0 g/mol. The van der Waals surface area contributed by atoms with Crippen LogP contribution in [0.25, 0.3) is 0 Å². The first kappa shape index (κ1) is 3.80. The Morgan fingerprint density at radius 3 is 2.33 bits per heavy atom. The summed E-state index contributed by atoms with van der Waals surface area (Å²) in [5.41, 5.74) is 0.0185. The summed E-state index contributed by atoms with van der Waals surface area (Å²) in [6, 6.07) is 0. The molecule has 3 radical (unpaired) electrons. The van der Waals surface area contributed by atoms with E-state index in [1.165, 1.54) is 0 Å². The average molecular weight is 95.2 g/mol. The Kier molecular flexibility index (Phi) is 0.663. The summed E-state index contributed by atoms with van der Waals surface area (Å²) >= 11 is 0. The molecule has 0 fully saturated rings. The zero-order valence-corrected chi connectivity index (χ0v) is 4.14. The van der Waals surface area contributed by atoms with Crippen molar-refractivity contribution in [3.05, 3.63) is 12.2 Å². The highest BCUT2D eigenvalue weighted by Crippen LogP contribution is 2.12. The van der Waals surface area contributed by atoms with Crippen molar-refractivity contribution in [3.8, 4) is 0 Å². The lowest BCUT2D eigenvalue weighted by atomic mass is 10.1. The van der Waals surface area contributed by atoms with E-state index in [2.05, 4.69) is 10.2 Å². The Labute approximate surface area is 39.5 Å². The van der Waals surface area contributed by atoms with Crippen LogP contribution in [0.2, 0.25) is 5.54 Å². The molecule has 0 N–H and O–H groups in total. The molecule has 0 spiro atoms. The molecule has 1 aliphatic carbocycles. The maximum Gasteiger partial charge on any atom is 0.158 e. The predicted molar refractivity (Wildman–Crippen MR) is 23.7 cm³/mol. The van der Waals surface area contributed by atoms with Gasteiger partial charge >= 0.3 is 0 Å². The molecule has 0 amide bonds. The van der Waals surface area contributed by atoms with E-state index >= 15 is 0 Å². The molecule has 0 heterocycles. The second-order valence-electron chi connectivity index (χ2n) is 1.24. The van der Waals surface area contributed by atoms with Gasteiger partial charge in [0.25, 0.3) is 0 Å². The van der Waals surface area contributed by atoms with E-state index in [1.807, 2.05) is 0 Å². The lowest BCUT2D eigenvalue weighted by molar-refractivity contribution is -0.114. The minimum absolute atomic E-state index is 0.0185. The van der Waals surface area contributed by atoms with Gasteiger partial charge in [0.2, 0.25) is 0 Å². The zero-order chi connectivity index (χ0) is 4.57. The number of allylic oxidation sites excluding steroid dienone is 2. The number of carbonyl (C=O) groups excluding carboxylic acids is 1. The smallest absolute Gasteiger partial charge is 0.158 e. The van der Waals surface area contributed by atoms with Crippen molar-refractivity contribution in [1.29, 1.82) is 0 Å². The van der Waals surface area contributed by atoms with Crippen LogP contribution in [0.5, 0.6) is 0 Å². The van der Waals surface area contributed by atoms with E-state index in [9.17, 15) is 4.79 Å². The first-order chi connectivity index (χ1) is 2.80. The summed E-state index contributed by atoms with van der Waals surface area (Å²) in [7, 11) is 3.13. The molecule has 1 aliphatic rings. The largest absolute Gasteiger partial charge is 0.295 e. The Balaban J connectivity index is 2.67. The van der Waals surface area contributed by atoms with Crippen LogP contribution in [-0.2, 0) is 4.79 Å². The summed E-state index contributed by atoms with van der Waals surface area (Å²) in [5, 5.41) is 0. The molecular weight excluding hydrogens is 92.1 g/mol. The Bertz CT molecular complexity index is 106. The second-order valence-corrected chi connectivity index (χ2v) is 1.86. The van der Waals surface area contributed by atoms with Crippen LogP contribution >= 0.6 is 0 Å². The van der Waals surface area contributed by atoms with Gasteiger partial charge in [0.15, 0.2) is 5.78 Å². The van der Waals surface area contributed by atoms with Gasteiger partial charge in [-0.1, -0.05) is 6.08 Å². The molecule has 1 nitrogen and oxygen atoms in total. The van der Waals surface area contributed by atoms with Gasteiger partial charge in [0.05, 0.1) is 0 Å². The number of rotatable bonds is 0. The number of ketones is 1. The standard InChI is InChI=1S/C4H3OSi/c5-3-1-2-4(3)6/h1-2,4H. The van der Waals surface area contributed by atoms with Gasteiger partial charge in [0.1, 0.15) is 0 Å². The quantitative estimate of drug-likeness (QED) is 0.389. The molecular formula is C4H3OSi. The summed E-state index contributed by atoms with van der Waals surface area (Å²) in [6.07, 6.45) is 3.36. The van der Waals surface area contributed by atoms with E-state index in [1.54, 1.807) is 12.2 Å². The van der Waals surface area contributed by atoms with Crippen molar-refractivity contribution in [2.75, 3.05) is 0 Å². The molecule has 0 aromatic rings. The number of hydrogen-bond acceptors (Lipinski definition) is 1. The fourth-order valence-corrected chi connectivity index (χ4v) is 0.463. The molecule has 0 aromatic heterocycles. The van der Waals surface area contributed by atoms with Crippen LogP contribution in [0.3, 0.4) is 0 Å². The first-order valence-corrected chi connectivity index (χ1v) is 2.31. The van der Waals surface area contributed by atoms with Crippen molar-refractivity contribution >= 4 is 16.0 Å². The molecule has 6 heavy (non-hydrogen) atoms. The van der Waals surface area contributed by atoms with E-state index in [-0.39, 0.29) is 11.3 Å². The molecule has 1 unspecified atom stereocenters. The average Bonchev–Trinajstić information content (AvgIpc) is 1.61. The van der Waals surface area contributed by atoms with Crippen LogP contribution in [0.1, 0.15) is 0 Å². The van der Waals surface area contributed by atoms with Crippen molar-refractivity contribution in [2.45, 2.75) is 5.54 Å². The fourth-order valence-electron chi connectivity index (χ4n) is 0.271. The van der Waals surface area contributed by atoms with Gasteiger partial charge < -0.3 is 0 Å². The SMILES string of the molecule is O=C1C=CC1[Si]. The third-order valence-corrected chi connectivity index (χ3v) is 1.24. The molecule has 2 heteroatoms. The maximum absolute atomic E-state index is 10.1. The normalized spacial score (nSPS) is 30.2. The Morgan fingerprint density at radius 1 is 1.83 bits per heavy atom. The highest BCUT2D eigenvalue weighted by molar-refractivity contribution is 6.31. The fraction of sp³-hybridized carbons (Fsp3) is 0.250. The molecule has 0 saturated heterocycles. The first-order valence-electron chi connectivity index (χ1n) is 1.74. The van der Waals surface area contributed by atoms with Crippen LogP contribution < -0.4 is 0 Å². The molecule has 0 aromatic carbocycles. The van der Waals surface area contributed by atoms with Gasteiger partial charge in [-0.3, -0.25) is 4.79 Å².